The van der Waals surface area contributed by atoms with E-state index in [1.807, 2.05) is 20.8 Å². The second-order valence-electron chi connectivity index (χ2n) is 7.23. The molecule has 0 spiro atoms. The number of nitrogens with zero attached hydrogens (tertiary/aromatic N) is 1. The minimum Gasteiger partial charge on any atom is -0.493 e. The molecule has 0 radical (unpaired) electrons. The third kappa shape index (κ3) is 5.19. The molecule has 0 aromatic heterocycles. The maximum absolute atomic E-state index is 12.8. The summed E-state index contributed by atoms with van der Waals surface area (Å²) in [5, 5.41) is 16.9. The van der Waals surface area contributed by atoms with Gasteiger partial charge in [0.1, 0.15) is 0 Å². The summed E-state index contributed by atoms with van der Waals surface area (Å²) >= 11 is 0. The Labute approximate surface area is 174 Å². The number of methoxy groups -OCH3 is 1. The molecule has 2 amide bonds. The van der Waals surface area contributed by atoms with Gasteiger partial charge in [0.2, 0.25) is 0 Å². The number of hydrogen-bond acceptors (Lipinski definition) is 7. The number of nitro groups is 1. The van der Waals surface area contributed by atoms with Crippen LogP contribution >= 0.6 is 0 Å². The van der Waals surface area contributed by atoms with Crippen LogP contribution in [0.5, 0.6) is 11.5 Å². The van der Waals surface area contributed by atoms with Crippen molar-refractivity contribution in [3.63, 3.8) is 0 Å². The van der Waals surface area contributed by atoms with Gasteiger partial charge in [-0.15, -0.1) is 0 Å². The van der Waals surface area contributed by atoms with Crippen LogP contribution in [0, 0.1) is 16.0 Å². The van der Waals surface area contributed by atoms with Gasteiger partial charge in [-0.2, -0.15) is 0 Å². The second-order valence-corrected chi connectivity index (χ2v) is 7.23. The first-order valence-corrected chi connectivity index (χ1v) is 9.64. The number of hydrogen-bond donors (Lipinski definition) is 2. The number of ether oxygens (including phenoxy) is 3. The number of amides is 2. The van der Waals surface area contributed by atoms with Crippen molar-refractivity contribution in [2.24, 2.45) is 5.92 Å². The number of nitrogens with one attached hydrogen (secondary N) is 2. The van der Waals surface area contributed by atoms with E-state index in [4.69, 9.17) is 14.2 Å². The summed E-state index contributed by atoms with van der Waals surface area (Å²) < 4.78 is 16.2. The third-order valence-corrected chi connectivity index (χ3v) is 4.32. The first-order chi connectivity index (χ1) is 14.2. The predicted octanol–water partition coefficient (Wildman–Crippen LogP) is 3.22. The summed E-state index contributed by atoms with van der Waals surface area (Å²) in [7, 11) is 1.38. The van der Waals surface area contributed by atoms with Crippen LogP contribution in [0.1, 0.15) is 45.7 Å². The molecule has 1 atom stereocenters. The van der Waals surface area contributed by atoms with Crippen LogP contribution in [0.15, 0.2) is 23.4 Å². The number of carbonyl (C=O) groups is 2. The van der Waals surface area contributed by atoms with E-state index in [1.165, 1.54) is 19.2 Å². The monoisotopic (exact) mass is 421 g/mol. The number of rotatable bonds is 9. The van der Waals surface area contributed by atoms with Gasteiger partial charge in [0.05, 0.1) is 48.5 Å². The molecule has 1 aliphatic heterocycles. The Balaban J connectivity index is 2.61. The number of benzene rings is 1. The van der Waals surface area contributed by atoms with Crippen LogP contribution in [-0.4, -0.2) is 37.2 Å². The fourth-order valence-electron chi connectivity index (χ4n) is 2.96. The molecule has 10 heteroatoms. The van der Waals surface area contributed by atoms with Crippen molar-refractivity contribution in [2.45, 2.75) is 40.2 Å². The number of urea groups is 1. The van der Waals surface area contributed by atoms with Crippen LogP contribution < -0.4 is 20.1 Å². The van der Waals surface area contributed by atoms with Gasteiger partial charge >= 0.3 is 12.0 Å². The molecule has 1 unspecified atom stereocenters. The highest BCUT2D eigenvalue weighted by atomic mass is 16.6. The highest BCUT2D eigenvalue weighted by Gasteiger charge is 2.37. The van der Waals surface area contributed by atoms with E-state index in [0.717, 1.165) is 0 Å². The first kappa shape index (κ1) is 23.0. The van der Waals surface area contributed by atoms with Crippen LogP contribution in [-0.2, 0) is 9.53 Å². The molecule has 1 aromatic carbocycles. The molecule has 0 bridgehead atoms. The van der Waals surface area contributed by atoms with E-state index in [2.05, 4.69) is 10.6 Å². The van der Waals surface area contributed by atoms with Gasteiger partial charge in [-0.1, -0.05) is 20.8 Å². The van der Waals surface area contributed by atoms with Crippen LogP contribution in [0.2, 0.25) is 0 Å². The van der Waals surface area contributed by atoms with Crippen LogP contribution in [0.4, 0.5) is 10.5 Å². The van der Waals surface area contributed by atoms with Gasteiger partial charge in [-0.3, -0.25) is 10.1 Å². The van der Waals surface area contributed by atoms with Gasteiger partial charge in [0.25, 0.3) is 5.69 Å². The Morgan fingerprint density at radius 2 is 2.00 bits per heavy atom. The maximum Gasteiger partial charge on any atom is 0.338 e. The van der Waals surface area contributed by atoms with Gasteiger partial charge in [0, 0.05) is 5.70 Å². The SMILES string of the molecule is CCCOc1cc(C2NC(=O)NC(C)=C2C(=O)OCC(C)C)c([N+](=O)[O-])cc1OC. The van der Waals surface area contributed by atoms with Gasteiger partial charge in [-0.05, 0) is 25.3 Å². The zero-order chi connectivity index (χ0) is 22.4. The molecule has 1 heterocycles. The molecule has 1 aliphatic rings. The van der Waals surface area contributed by atoms with E-state index in [1.54, 1.807) is 6.92 Å². The molecule has 0 fully saturated rings. The molecule has 1 aromatic rings. The van der Waals surface area contributed by atoms with Gasteiger partial charge < -0.3 is 24.8 Å². The normalized spacial score (nSPS) is 16.1. The Kier molecular flexibility index (Phi) is 7.62. The standard InChI is InChI=1S/C20H27N3O7/c1-6-7-29-16-8-13(14(23(26)27)9-15(16)28-5)18-17(12(4)21-20(25)22-18)19(24)30-10-11(2)3/h8-9,11,18H,6-7,10H2,1-5H3,(H2,21,22,25). The molecule has 30 heavy (non-hydrogen) atoms. The molecule has 0 aliphatic carbocycles. The maximum atomic E-state index is 12.8. The minimum atomic E-state index is -1.09. The summed E-state index contributed by atoms with van der Waals surface area (Å²) in [6.07, 6.45) is 0.714. The smallest absolute Gasteiger partial charge is 0.338 e. The van der Waals surface area contributed by atoms with E-state index in [-0.39, 0.29) is 46.5 Å². The summed E-state index contributed by atoms with van der Waals surface area (Å²) in [5.41, 5.74) is 0.131. The summed E-state index contributed by atoms with van der Waals surface area (Å²) in [4.78, 5) is 36.1. The van der Waals surface area contributed by atoms with E-state index in [0.29, 0.717) is 13.0 Å². The fourth-order valence-corrected chi connectivity index (χ4v) is 2.96. The van der Waals surface area contributed by atoms with Crippen molar-refractivity contribution in [3.05, 3.63) is 39.1 Å². The molecule has 0 saturated carbocycles. The minimum absolute atomic E-state index is 0.0879. The zero-order valence-corrected chi connectivity index (χ0v) is 17.7. The zero-order valence-electron chi connectivity index (χ0n) is 17.7. The number of esters is 1. The predicted molar refractivity (Wildman–Crippen MR) is 108 cm³/mol. The lowest BCUT2D eigenvalue weighted by molar-refractivity contribution is -0.385. The largest absolute Gasteiger partial charge is 0.493 e. The van der Waals surface area contributed by atoms with Crippen LogP contribution in [0.3, 0.4) is 0 Å². The van der Waals surface area contributed by atoms with Gasteiger partial charge in [-0.25, -0.2) is 9.59 Å². The Morgan fingerprint density at radius 3 is 2.57 bits per heavy atom. The number of nitro benzene ring substituents is 1. The lowest BCUT2D eigenvalue weighted by Gasteiger charge is -2.28. The molecule has 2 rings (SSSR count). The summed E-state index contributed by atoms with van der Waals surface area (Å²) in [5.74, 6) is -0.104. The topological polar surface area (TPSA) is 129 Å². The summed E-state index contributed by atoms with van der Waals surface area (Å²) in [6.45, 7) is 7.77. The Bertz CT molecular complexity index is 864. The van der Waals surface area contributed by atoms with Gasteiger partial charge in [0.15, 0.2) is 11.5 Å². The molecule has 0 saturated heterocycles. The lowest BCUT2D eigenvalue weighted by Crippen LogP contribution is -2.45. The second kappa shape index (κ2) is 9.95. The van der Waals surface area contributed by atoms with Crippen molar-refractivity contribution >= 4 is 17.7 Å². The van der Waals surface area contributed by atoms with Crippen molar-refractivity contribution in [1.29, 1.82) is 0 Å². The number of allylic oxidation sites excluding steroid dienone is 1. The number of carbonyl (C=O) groups excluding carboxylic acids is 2. The van der Waals surface area contributed by atoms with Crippen molar-refractivity contribution < 1.29 is 28.7 Å². The average molecular weight is 421 g/mol. The van der Waals surface area contributed by atoms with E-state index < -0.39 is 23.0 Å². The average Bonchev–Trinajstić information content (AvgIpc) is 2.68. The van der Waals surface area contributed by atoms with E-state index in [9.17, 15) is 19.7 Å². The molecule has 2 N–H and O–H groups in total. The highest BCUT2D eigenvalue weighted by Crippen LogP contribution is 2.40. The van der Waals surface area contributed by atoms with Crippen molar-refractivity contribution in [3.8, 4) is 11.5 Å². The molecular weight excluding hydrogens is 394 g/mol. The fraction of sp³-hybridized carbons (Fsp3) is 0.500. The molecular formula is C20H27N3O7. The third-order valence-electron chi connectivity index (χ3n) is 4.32. The van der Waals surface area contributed by atoms with Crippen LogP contribution in [0.25, 0.3) is 0 Å². The molecule has 10 nitrogen and oxygen atoms in total. The Hall–Kier alpha value is -3.30. The Morgan fingerprint density at radius 1 is 1.30 bits per heavy atom. The highest BCUT2D eigenvalue weighted by molar-refractivity contribution is 5.95. The van der Waals surface area contributed by atoms with Crippen molar-refractivity contribution in [1.82, 2.24) is 10.6 Å². The lowest BCUT2D eigenvalue weighted by atomic mass is 9.93. The molecule has 164 valence electrons. The quantitative estimate of drug-likeness (QED) is 0.356. The van der Waals surface area contributed by atoms with E-state index >= 15 is 0 Å². The van der Waals surface area contributed by atoms with Crippen molar-refractivity contribution in [2.75, 3.05) is 20.3 Å². The first-order valence-electron chi connectivity index (χ1n) is 9.64. The summed E-state index contributed by atoms with van der Waals surface area (Å²) in [6, 6.07) is 0.972.